The third kappa shape index (κ3) is 4.32. The number of carbonyl (C=O) groups excluding carboxylic acids is 1. The Morgan fingerprint density at radius 2 is 1.69 bits per heavy atom. The molecule has 26 heavy (non-hydrogen) atoms. The van der Waals surface area contributed by atoms with Gasteiger partial charge in [-0.05, 0) is 46.2 Å². The fourth-order valence-corrected chi connectivity index (χ4v) is 2.72. The van der Waals surface area contributed by atoms with Crippen LogP contribution in [0.2, 0.25) is 0 Å². The van der Waals surface area contributed by atoms with Crippen LogP contribution in [0.15, 0.2) is 66.7 Å². The molecule has 0 saturated carbocycles. The topological polar surface area (TPSA) is 49.3 Å². The molecule has 3 nitrogen and oxygen atoms in total. The van der Waals surface area contributed by atoms with Crippen molar-refractivity contribution in [3.63, 3.8) is 0 Å². The Balaban J connectivity index is 1.74. The summed E-state index contributed by atoms with van der Waals surface area (Å²) in [5.74, 6) is -1.90. The number of aliphatic hydroxyl groups excluding tert-OH is 1. The number of nitrogens with one attached hydrogen (secondary N) is 1. The van der Waals surface area contributed by atoms with Crippen molar-refractivity contribution < 1.29 is 18.7 Å². The summed E-state index contributed by atoms with van der Waals surface area (Å²) >= 11 is 0. The fourth-order valence-electron chi connectivity index (χ4n) is 2.72. The number of carbonyl (C=O) groups is 1. The number of fused-ring (bicyclic) bond motifs is 1. The van der Waals surface area contributed by atoms with Crippen molar-refractivity contribution in [2.45, 2.75) is 6.04 Å². The highest BCUT2D eigenvalue weighted by Gasteiger charge is 2.12. The quantitative estimate of drug-likeness (QED) is 0.682. The fraction of sp³-hybridized carbons (Fsp3) is 0.0952. The Kier molecular flexibility index (Phi) is 5.39. The summed E-state index contributed by atoms with van der Waals surface area (Å²) < 4.78 is 26.3. The maximum atomic E-state index is 13.2. The number of amides is 1. The monoisotopic (exact) mass is 353 g/mol. The van der Waals surface area contributed by atoms with Crippen molar-refractivity contribution in [3.05, 3.63) is 89.5 Å². The van der Waals surface area contributed by atoms with E-state index in [9.17, 15) is 18.7 Å². The van der Waals surface area contributed by atoms with E-state index in [2.05, 4.69) is 5.32 Å². The maximum absolute atomic E-state index is 13.2. The maximum Gasteiger partial charge on any atom is 0.244 e. The third-order valence-electron chi connectivity index (χ3n) is 3.99. The van der Waals surface area contributed by atoms with Crippen LogP contribution in [0.1, 0.15) is 17.2 Å². The van der Waals surface area contributed by atoms with Gasteiger partial charge in [0.15, 0.2) is 0 Å². The number of hydrogen-bond donors (Lipinski definition) is 2. The molecule has 2 N–H and O–H groups in total. The summed E-state index contributed by atoms with van der Waals surface area (Å²) in [5, 5.41) is 14.4. The highest BCUT2D eigenvalue weighted by molar-refractivity contribution is 5.92. The molecule has 1 amide bonds. The number of hydrogen-bond acceptors (Lipinski definition) is 2. The van der Waals surface area contributed by atoms with E-state index in [0.29, 0.717) is 0 Å². The minimum Gasteiger partial charge on any atom is -0.394 e. The first-order chi connectivity index (χ1) is 12.5. The molecule has 5 heteroatoms. The summed E-state index contributed by atoms with van der Waals surface area (Å²) in [6.45, 7) is -0.271. The molecule has 1 atom stereocenters. The Morgan fingerprint density at radius 1 is 1.00 bits per heavy atom. The van der Waals surface area contributed by atoms with Gasteiger partial charge in [-0.3, -0.25) is 4.79 Å². The van der Waals surface area contributed by atoms with Gasteiger partial charge in [0, 0.05) is 12.1 Å². The zero-order valence-electron chi connectivity index (χ0n) is 13.8. The molecule has 0 spiro atoms. The van der Waals surface area contributed by atoms with E-state index >= 15 is 0 Å². The van der Waals surface area contributed by atoms with E-state index in [-0.39, 0.29) is 12.2 Å². The van der Waals surface area contributed by atoms with Gasteiger partial charge in [0.1, 0.15) is 11.6 Å². The molecule has 0 aromatic heterocycles. The Hall–Kier alpha value is -3.05. The zero-order chi connectivity index (χ0) is 18.5. The summed E-state index contributed by atoms with van der Waals surface area (Å²) in [5.41, 5.74) is 1.01. The lowest BCUT2D eigenvalue weighted by Crippen LogP contribution is -2.29. The lowest BCUT2D eigenvalue weighted by Gasteiger charge is -2.16. The van der Waals surface area contributed by atoms with E-state index in [4.69, 9.17) is 0 Å². The average Bonchev–Trinajstić information content (AvgIpc) is 2.63. The van der Waals surface area contributed by atoms with E-state index in [1.54, 1.807) is 0 Å². The summed E-state index contributed by atoms with van der Waals surface area (Å²) in [4.78, 5) is 12.1. The predicted octanol–water partition coefficient (Wildman–Crippen LogP) is 3.98. The first-order valence-corrected chi connectivity index (χ1v) is 8.09. The van der Waals surface area contributed by atoms with Crippen LogP contribution in [-0.4, -0.2) is 17.6 Å². The summed E-state index contributed by atoms with van der Waals surface area (Å²) in [6, 6.07) is 15.9. The molecule has 1 unspecified atom stereocenters. The van der Waals surface area contributed by atoms with Gasteiger partial charge in [-0.1, -0.05) is 36.4 Å². The number of halogens is 2. The van der Waals surface area contributed by atoms with E-state index in [1.807, 2.05) is 42.5 Å². The number of aliphatic hydroxyl groups is 1. The molecular weight excluding hydrogens is 336 g/mol. The Labute approximate surface area is 149 Å². The standard InChI is InChI=1S/C21H17F2NO2/c22-18-9-14(10-19(23)12-18)5-8-21(26)24-20(13-25)17-7-6-15-3-1-2-4-16(15)11-17/h1-12,20,25H,13H2,(H,24,26)/b8-5+. The van der Waals surface area contributed by atoms with Gasteiger partial charge in [0.2, 0.25) is 5.91 Å². The van der Waals surface area contributed by atoms with Crippen LogP contribution in [0.25, 0.3) is 16.8 Å². The number of benzene rings is 3. The van der Waals surface area contributed by atoms with Crippen molar-refractivity contribution in [2.24, 2.45) is 0 Å². The normalized spacial score (nSPS) is 12.4. The molecule has 0 fully saturated rings. The third-order valence-corrected chi connectivity index (χ3v) is 3.99. The zero-order valence-corrected chi connectivity index (χ0v) is 13.8. The molecule has 0 bridgehead atoms. The van der Waals surface area contributed by atoms with E-state index in [1.165, 1.54) is 12.2 Å². The van der Waals surface area contributed by atoms with Crippen LogP contribution in [0.5, 0.6) is 0 Å². The molecule has 0 saturated heterocycles. The second-order valence-corrected chi connectivity index (χ2v) is 5.89. The van der Waals surface area contributed by atoms with Crippen LogP contribution >= 0.6 is 0 Å². The largest absolute Gasteiger partial charge is 0.394 e. The molecule has 0 radical (unpaired) electrons. The average molecular weight is 353 g/mol. The minimum atomic E-state index is -0.713. The molecule has 0 aliphatic carbocycles. The van der Waals surface area contributed by atoms with Crippen LogP contribution in [-0.2, 0) is 4.79 Å². The van der Waals surface area contributed by atoms with Gasteiger partial charge >= 0.3 is 0 Å². The molecule has 0 heterocycles. The molecule has 3 aromatic rings. The van der Waals surface area contributed by atoms with Gasteiger partial charge in [-0.2, -0.15) is 0 Å². The predicted molar refractivity (Wildman–Crippen MR) is 97.3 cm³/mol. The van der Waals surface area contributed by atoms with Crippen LogP contribution in [0, 0.1) is 11.6 Å². The molecule has 3 rings (SSSR count). The van der Waals surface area contributed by atoms with Crippen LogP contribution < -0.4 is 5.32 Å². The van der Waals surface area contributed by atoms with Crippen molar-refractivity contribution in [1.29, 1.82) is 0 Å². The molecule has 0 aliphatic heterocycles. The van der Waals surface area contributed by atoms with Gasteiger partial charge in [0.25, 0.3) is 0 Å². The summed E-state index contributed by atoms with van der Waals surface area (Å²) in [7, 11) is 0. The van der Waals surface area contributed by atoms with Crippen molar-refractivity contribution >= 4 is 22.8 Å². The van der Waals surface area contributed by atoms with E-state index < -0.39 is 23.6 Å². The number of rotatable bonds is 5. The first kappa shape index (κ1) is 17.8. The van der Waals surface area contributed by atoms with Crippen molar-refractivity contribution in [1.82, 2.24) is 5.32 Å². The second kappa shape index (κ2) is 7.89. The smallest absolute Gasteiger partial charge is 0.244 e. The lowest BCUT2D eigenvalue weighted by molar-refractivity contribution is -0.117. The van der Waals surface area contributed by atoms with Gasteiger partial charge in [-0.15, -0.1) is 0 Å². The molecule has 3 aromatic carbocycles. The van der Waals surface area contributed by atoms with Crippen molar-refractivity contribution in [2.75, 3.05) is 6.61 Å². The second-order valence-electron chi connectivity index (χ2n) is 5.89. The molecule has 132 valence electrons. The van der Waals surface area contributed by atoms with Crippen molar-refractivity contribution in [3.8, 4) is 0 Å². The van der Waals surface area contributed by atoms with Crippen LogP contribution in [0.3, 0.4) is 0 Å². The van der Waals surface area contributed by atoms with E-state index in [0.717, 1.165) is 34.5 Å². The first-order valence-electron chi connectivity index (χ1n) is 8.09. The lowest BCUT2D eigenvalue weighted by atomic mass is 10.0. The van der Waals surface area contributed by atoms with Crippen LogP contribution in [0.4, 0.5) is 8.78 Å². The highest BCUT2D eigenvalue weighted by Crippen LogP contribution is 2.20. The highest BCUT2D eigenvalue weighted by atomic mass is 19.1. The van der Waals surface area contributed by atoms with Gasteiger partial charge in [0.05, 0.1) is 12.6 Å². The Morgan fingerprint density at radius 3 is 2.38 bits per heavy atom. The minimum absolute atomic E-state index is 0.240. The van der Waals surface area contributed by atoms with Gasteiger partial charge in [-0.25, -0.2) is 8.78 Å². The SMILES string of the molecule is O=C(/C=C/c1cc(F)cc(F)c1)NC(CO)c1ccc2ccccc2c1. The summed E-state index contributed by atoms with van der Waals surface area (Å²) in [6.07, 6.45) is 2.49. The Bertz CT molecular complexity index is 949. The van der Waals surface area contributed by atoms with Gasteiger partial charge < -0.3 is 10.4 Å². The molecule has 0 aliphatic rings. The molecular formula is C21H17F2NO2.